The molecule has 2 heterocycles. The molecule has 7 heteroatoms. The van der Waals surface area contributed by atoms with Gasteiger partial charge >= 0.3 is 12.1 Å². The molecule has 3 aromatic rings. The predicted octanol–water partition coefficient (Wildman–Crippen LogP) is 4.37. The smallest absolute Gasteiger partial charge is 0.410 e. The molecule has 0 spiro atoms. The van der Waals surface area contributed by atoms with Crippen LogP contribution < -0.4 is 0 Å². The molecule has 2 fully saturated rings. The number of aromatic carboxylic acids is 1. The highest BCUT2D eigenvalue weighted by Crippen LogP contribution is 2.42. The summed E-state index contributed by atoms with van der Waals surface area (Å²) in [6.07, 6.45) is 3.99. The second-order valence-corrected chi connectivity index (χ2v) is 9.02. The number of aromatic amines is 1. The van der Waals surface area contributed by atoms with Gasteiger partial charge in [-0.05, 0) is 67.7 Å². The molecule has 1 saturated heterocycles. The fraction of sp³-hybridized carbons (Fsp3) is 0.360. The molecule has 32 heavy (non-hydrogen) atoms. The summed E-state index contributed by atoms with van der Waals surface area (Å²) in [5.41, 5.74) is 4.21. The molecular weight excluding hydrogens is 406 g/mol. The molecule has 1 aliphatic heterocycles. The van der Waals surface area contributed by atoms with E-state index in [1.807, 2.05) is 6.07 Å². The number of benzene rings is 2. The first-order valence-electron chi connectivity index (χ1n) is 10.9. The van der Waals surface area contributed by atoms with Gasteiger partial charge in [0.2, 0.25) is 0 Å². The van der Waals surface area contributed by atoms with E-state index < -0.39 is 18.1 Å². The summed E-state index contributed by atoms with van der Waals surface area (Å²) in [5.74, 6) is -0.465. The number of H-pyrrole nitrogens is 1. The number of carboxylic acids is 1. The van der Waals surface area contributed by atoms with Gasteiger partial charge in [-0.1, -0.05) is 24.3 Å². The van der Waals surface area contributed by atoms with Gasteiger partial charge in [0.05, 0.1) is 11.6 Å². The van der Waals surface area contributed by atoms with Gasteiger partial charge < -0.3 is 19.7 Å². The molecule has 7 nitrogen and oxygen atoms in total. The van der Waals surface area contributed by atoms with E-state index in [0.717, 1.165) is 23.9 Å². The molecule has 0 unspecified atom stereocenters. The summed E-state index contributed by atoms with van der Waals surface area (Å²) in [4.78, 5) is 31.5. The fourth-order valence-corrected chi connectivity index (χ4v) is 4.95. The van der Waals surface area contributed by atoms with Crippen molar-refractivity contribution < 1.29 is 19.4 Å². The topological polar surface area (TPSA) is 85.9 Å². The zero-order chi connectivity index (χ0) is 22.4. The Morgan fingerprint density at radius 3 is 2.72 bits per heavy atom. The van der Waals surface area contributed by atoms with Crippen molar-refractivity contribution in [1.82, 2.24) is 14.8 Å². The van der Waals surface area contributed by atoms with Crippen LogP contribution >= 0.6 is 0 Å². The molecule has 5 rings (SSSR count). The minimum atomic E-state index is -1.00. The van der Waals surface area contributed by atoms with Crippen molar-refractivity contribution in [2.24, 2.45) is 0 Å². The zero-order valence-electron chi connectivity index (χ0n) is 18.2. The summed E-state index contributed by atoms with van der Waals surface area (Å²) in [5, 5.41) is 10.8. The first-order chi connectivity index (χ1) is 15.4. The number of amides is 1. The van der Waals surface area contributed by atoms with Crippen LogP contribution in [0.15, 0.2) is 48.7 Å². The van der Waals surface area contributed by atoms with Gasteiger partial charge in [-0.25, -0.2) is 9.59 Å². The normalized spacial score (nSPS) is 22.9. The number of aromatic nitrogens is 1. The average Bonchev–Trinajstić information content (AvgIpc) is 3.30. The molecular formula is C25H27N3O4. The molecule has 2 aliphatic rings. The standard InChI is InChI=1S/C25H27N3O4/c1-27(2)17-10-16(11-17)21-12-26-22-8-7-15(9-20(21)22)13-28-23(14-32-25(28)31)18-5-3-4-6-19(18)24(29)30/h3-9,12,16-17,23,26H,10-11,13-14H2,1-2H3,(H,29,30)/t16?,17?,23-/m1/s1. The van der Waals surface area contributed by atoms with E-state index in [2.05, 4.69) is 42.3 Å². The van der Waals surface area contributed by atoms with Crippen molar-refractivity contribution in [3.63, 3.8) is 0 Å². The van der Waals surface area contributed by atoms with Crippen LogP contribution in [0.25, 0.3) is 10.9 Å². The highest BCUT2D eigenvalue weighted by atomic mass is 16.6. The van der Waals surface area contributed by atoms with E-state index in [1.165, 1.54) is 10.9 Å². The molecule has 2 N–H and O–H groups in total. The molecule has 2 aromatic carbocycles. The number of carbonyl (C=O) groups excluding carboxylic acids is 1. The van der Waals surface area contributed by atoms with Crippen LogP contribution in [0.3, 0.4) is 0 Å². The quantitative estimate of drug-likeness (QED) is 0.603. The lowest BCUT2D eigenvalue weighted by atomic mass is 9.75. The van der Waals surface area contributed by atoms with E-state index in [9.17, 15) is 14.7 Å². The number of nitrogens with zero attached hydrogens (tertiary/aromatic N) is 2. The predicted molar refractivity (Wildman–Crippen MR) is 121 cm³/mol. The van der Waals surface area contributed by atoms with Crippen molar-refractivity contribution in [2.45, 2.75) is 37.4 Å². The fourth-order valence-electron chi connectivity index (χ4n) is 4.95. The summed E-state index contributed by atoms with van der Waals surface area (Å²) in [7, 11) is 4.25. The Labute approximate surface area is 186 Å². The first kappa shape index (κ1) is 20.6. The van der Waals surface area contributed by atoms with Crippen molar-refractivity contribution >= 4 is 23.0 Å². The second kappa shape index (κ2) is 7.98. The Morgan fingerprint density at radius 2 is 1.97 bits per heavy atom. The van der Waals surface area contributed by atoms with E-state index in [4.69, 9.17) is 4.74 Å². The minimum Gasteiger partial charge on any atom is -0.478 e. The Morgan fingerprint density at radius 1 is 1.19 bits per heavy atom. The Kier molecular flexibility index (Phi) is 5.13. The molecule has 166 valence electrons. The number of rotatable bonds is 6. The van der Waals surface area contributed by atoms with Crippen molar-refractivity contribution in [2.75, 3.05) is 20.7 Å². The molecule has 1 amide bonds. The van der Waals surface area contributed by atoms with Gasteiger partial charge in [0.1, 0.15) is 6.61 Å². The minimum absolute atomic E-state index is 0.148. The number of cyclic esters (lactones) is 1. The number of carboxylic acid groups (broad SMARTS) is 1. The van der Waals surface area contributed by atoms with Crippen molar-refractivity contribution in [3.8, 4) is 0 Å². The maximum atomic E-state index is 12.5. The average molecular weight is 434 g/mol. The van der Waals surface area contributed by atoms with E-state index in [1.54, 1.807) is 29.2 Å². The number of fused-ring (bicyclic) bond motifs is 1. The third kappa shape index (κ3) is 3.52. The Balaban J connectivity index is 1.42. The van der Waals surface area contributed by atoms with Gasteiger partial charge in [0, 0.05) is 29.7 Å². The van der Waals surface area contributed by atoms with Crippen molar-refractivity contribution in [3.05, 3.63) is 70.9 Å². The van der Waals surface area contributed by atoms with E-state index >= 15 is 0 Å². The number of hydrogen-bond donors (Lipinski definition) is 2. The first-order valence-corrected chi connectivity index (χ1v) is 10.9. The van der Waals surface area contributed by atoms with Crippen molar-refractivity contribution in [1.29, 1.82) is 0 Å². The van der Waals surface area contributed by atoms with Gasteiger partial charge in [0.15, 0.2) is 0 Å². The van der Waals surface area contributed by atoms with Crippen LogP contribution in [0, 0.1) is 0 Å². The monoisotopic (exact) mass is 433 g/mol. The van der Waals surface area contributed by atoms with Crippen LogP contribution in [0.2, 0.25) is 0 Å². The van der Waals surface area contributed by atoms with E-state index in [-0.39, 0.29) is 12.2 Å². The number of carbonyl (C=O) groups is 2. The molecule has 1 aliphatic carbocycles. The lowest BCUT2D eigenvalue weighted by Gasteiger charge is -2.39. The molecule has 1 aromatic heterocycles. The lowest BCUT2D eigenvalue weighted by molar-refractivity contribution is 0.0693. The van der Waals surface area contributed by atoms with E-state index in [0.29, 0.717) is 24.1 Å². The van der Waals surface area contributed by atoms with Gasteiger partial charge in [-0.3, -0.25) is 4.90 Å². The largest absolute Gasteiger partial charge is 0.478 e. The third-order valence-electron chi connectivity index (χ3n) is 6.94. The lowest BCUT2D eigenvalue weighted by Crippen LogP contribution is -2.39. The summed E-state index contributed by atoms with van der Waals surface area (Å²) < 4.78 is 5.32. The molecule has 0 bridgehead atoms. The van der Waals surface area contributed by atoms with Crippen LogP contribution in [0.1, 0.15) is 51.8 Å². The van der Waals surface area contributed by atoms with Gasteiger partial charge in [-0.2, -0.15) is 0 Å². The summed E-state index contributed by atoms with van der Waals surface area (Å²) in [6, 6.07) is 13.2. The zero-order valence-corrected chi connectivity index (χ0v) is 18.2. The maximum Gasteiger partial charge on any atom is 0.410 e. The molecule has 0 radical (unpaired) electrons. The van der Waals surface area contributed by atoms with Crippen LogP contribution in [0.4, 0.5) is 4.79 Å². The van der Waals surface area contributed by atoms with Gasteiger partial charge in [0.25, 0.3) is 0 Å². The van der Waals surface area contributed by atoms with Crippen LogP contribution in [-0.4, -0.2) is 58.7 Å². The number of ether oxygens (including phenoxy) is 1. The highest BCUT2D eigenvalue weighted by Gasteiger charge is 2.36. The third-order valence-corrected chi connectivity index (χ3v) is 6.94. The summed E-state index contributed by atoms with van der Waals surface area (Å²) >= 11 is 0. The highest BCUT2D eigenvalue weighted by molar-refractivity contribution is 5.90. The molecule has 1 saturated carbocycles. The maximum absolute atomic E-state index is 12.5. The molecule has 1 atom stereocenters. The number of nitrogens with one attached hydrogen (secondary N) is 1. The Bertz CT molecular complexity index is 1180. The summed E-state index contributed by atoms with van der Waals surface area (Å²) in [6.45, 7) is 0.512. The number of hydrogen-bond acceptors (Lipinski definition) is 4. The Hall–Kier alpha value is -3.32. The SMILES string of the molecule is CN(C)C1CC(c2c[nH]c3ccc(CN4C(=O)OC[C@@H]4c4ccccc4C(=O)O)cc23)C1. The van der Waals surface area contributed by atoms with Crippen LogP contribution in [0.5, 0.6) is 0 Å². The van der Waals surface area contributed by atoms with Gasteiger partial charge in [-0.15, -0.1) is 0 Å². The van der Waals surface area contributed by atoms with Crippen LogP contribution in [-0.2, 0) is 11.3 Å². The second-order valence-electron chi connectivity index (χ2n) is 9.02.